The first-order chi connectivity index (χ1) is 14.5. The number of hydrogen-bond acceptors (Lipinski definition) is 5. The van der Waals surface area contributed by atoms with Crippen molar-refractivity contribution in [2.75, 3.05) is 37.8 Å². The summed E-state index contributed by atoms with van der Waals surface area (Å²) in [6.07, 6.45) is 6.08. The first-order valence-electron chi connectivity index (χ1n) is 10.8. The molecular formula is C23H30N4O2S. The molecular weight excluding hydrogens is 396 g/mol. The van der Waals surface area contributed by atoms with Gasteiger partial charge in [0, 0.05) is 36.6 Å². The zero-order chi connectivity index (χ0) is 21.1. The lowest BCUT2D eigenvalue weighted by molar-refractivity contribution is -0.116. The molecule has 1 aromatic carbocycles. The van der Waals surface area contributed by atoms with Crippen LogP contribution in [-0.4, -0.2) is 53.3 Å². The number of likely N-dealkylation sites (N-methyl/N-ethyl adjacent to an activating group) is 1. The fourth-order valence-corrected chi connectivity index (χ4v) is 5.35. The van der Waals surface area contributed by atoms with Crippen LogP contribution in [0.5, 0.6) is 0 Å². The predicted octanol–water partition coefficient (Wildman–Crippen LogP) is 2.76. The van der Waals surface area contributed by atoms with Gasteiger partial charge in [0.15, 0.2) is 0 Å². The topological polar surface area (TPSA) is 58.4 Å². The van der Waals surface area contributed by atoms with Crippen LogP contribution in [0.4, 0.5) is 5.69 Å². The number of nitrogens with zero attached hydrogens (tertiary/aromatic N) is 4. The highest BCUT2D eigenvalue weighted by Crippen LogP contribution is 2.31. The van der Waals surface area contributed by atoms with E-state index in [0.717, 1.165) is 68.0 Å². The Balaban J connectivity index is 1.53. The van der Waals surface area contributed by atoms with Gasteiger partial charge in [-0.3, -0.25) is 9.36 Å². The van der Waals surface area contributed by atoms with Crippen LogP contribution in [0.3, 0.4) is 0 Å². The van der Waals surface area contributed by atoms with Crippen LogP contribution in [0.25, 0.3) is 0 Å². The fraction of sp³-hybridized carbons (Fsp3) is 0.522. The van der Waals surface area contributed by atoms with Gasteiger partial charge >= 0.3 is 5.69 Å². The Hall–Kier alpha value is -2.12. The average Bonchev–Trinajstić information content (AvgIpc) is 2.76. The first-order valence-corrected chi connectivity index (χ1v) is 11.8. The van der Waals surface area contributed by atoms with Gasteiger partial charge in [0.25, 0.3) is 0 Å². The Morgan fingerprint density at radius 1 is 1.13 bits per heavy atom. The maximum absolute atomic E-state index is 13.0. The summed E-state index contributed by atoms with van der Waals surface area (Å²) in [6, 6.07) is 8.16. The summed E-state index contributed by atoms with van der Waals surface area (Å²) >= 11 is 1.43. The van der Waals surface area contributed by atoms with Gasteiger partial charge in [-0.25, -0.2) is 4.79 Å². The molecule has 7 heteroatoms. The number of aromatic nitrogens is 2. The molecule has 2 aliphatic rings. The van der Waals surface area contributed by atoms with E-state index in [9.17, 15) is 9.59 Å². The summed E-state index contributed by atoms with van der Waals surface area (Å²) in [6.45, 7) is 2.23. The van der Waals surface area contributed by atoms with Crippen LogP contribution in [0.2, 0.25) is 0 Å². The van der Waals surface area contributed by atoms with Gasteiger partial charge in [-0.15, -0.1) is 0 Å². The largest absolute Gasteiger partial charge is 0.348 e. The number of benzene rings is 1. The lowest BCUT2D eigenvalue weighted by Gasteiger charge is -2.29. The molecule has 2 aromatic rings. The summed E-state index contributed by atoms with van der Waals surface area (Å²) < 4.78 is 1.85. The molecule has 0 unspecified atom stereocenters. The van der Waals surface area contributed by atoms with Crippen LogP contribution in [0.1, 0.15) is 36.1 Å². The SMILES string of the molecule is CN(C)CCn1c2c(c(SCC(=O)N3CCCc4ccccc43)nc1=O)CCCC2. The molecule has 1 aliphatic carbocycles. The molecule has 1 amide bonds. The van der Waals surface area contributed by atoms with Gasteiger partial charge < -0.3 is 9.80 Å². The van der Waals surface area contributed by atoms with E-state index in [1.54, 1.807) is 0 Å². The number of rotatable bonds is 6. The lowest BCUT2D eigenvalue weighted by atomic mass is 9.97. The second-order valence-corrected chi connectivity index (χ2v) is 9.32. The van der Waals surface area contributed by atoms with E-state index < -0.39 is 0 Å². The van der Waals surface area contributed by atoms with Gasteiger partial charge in [-0.1, -0.05) is 30.0 Å². The number of hydrogen-bond donors (Lipinski definition) is 0. The van der Waals surface area contributed by atoms with E-state index in [1.807, 2.05) is 41.8 Å². The summed E-state index contributed by atoms with van der Waals surface area (Å²) in [5.41, 5.74) is 4.39. The van der Waals surface area contributed by atoms with Crippen molar-refractivity contribution in [2.24, 2.45) is 0 Å². The van der Waals surface area contributed by atoms with Crippen LogP contribution >= 0.6 is 11.8 Å². The molecule has 0 spiro atoms. The van der Waals surface area contributed by atoms with Crippen molar-refractivity contribution < 1.29 is 4.79 Å². The molecule has 0 fully saturated rings. The highest BCUT2D eigenvalue weighted by Gasteiger charge is 2.24. The van der Waals surface area contributed by atoms with E-state index in [-0.39, 0.29) is 11.6 Å². The molecule has 0 saturated carbocycles. The molecule has 30 heavy (non-hydrogen) atoms. The molecule has 0 N–H and O–H groups in total. The molecule has 6 nitrogen and oxygen atoms in total. The predicted molar refractivity (Wildman–Crippen MR) is 122 cm³/mol. The number of thioether (sulfide) groups is 1. The summed E-state index contributed by atoms with van der Waals surface area (Å²) in [5, 5.41) is 0.759. The van der Waals surface area contributed by atoms with E-state index in [0.29, 0.717) is 12.3 Å². The Morgan fingerprint density at radius 3 is 2.77 bits per heavy atom. The first kappa shape index (κ1) is 21.1. The Labute approximate surface area is 182 Å². The normalized spacial score (nSPS) is 15.8. The molecule has 0 atom stereocenters. The number of anilines is 1. The average molecular weight is 427 g/mol. The second-order valence-electron chi connectivity index (χ2n) is 8.35. The fourth-order valence-electron chi connectivity index (χ4n) is 4.40. The summed E-state index contributed by atoms with van der Waals surface area (Å²) in [7, 11) is 4.03. The van der Waals surface area contributed by atoms with Crippen molar-refractivity contribution in [3.63, 3.8) is 0 Å². The lowest BCUT2D eigenvalue weighted by Crippen LogP contribution is -2.37. The standard InChI is InChI=1S/C23H30N4O2S/c1-25(2)14-15-27-20-12-6-4-10-18(20)22(24-23(27)29)30-16-21(28)26-13-7-9-17-8-3-5-11-19(17)26/h3,5,8,11H,4,6-7,9-10,12-16H2,1-2H3. The second kappa shape index (κ2) is 9.35. The third-order valence-corrected chi connectivity index (χ3v) is 6.97. The van der Waals surface area contributed by atoms with E-state index >= 15 is 0 Å². The van der Waals surface area contributed by atoms with E-state index in [4.69, 9.17) is 0 Å². The minimum absolute atomic E-state index is 0.0929. The molecule has 0 radical (unpaired) electrons. The zero-order valence-corrected chi connectivity index (χ0v) is 18.7. The van der Waals surface area contributed by atoms with Crippen molar-refractivity contribution in [2.45, 2.75) is 50.1 Å². The Morgan fingerprint density at radius 2 is 1.93 bits per heavy atom. The molecule has 4 rings (SSSR count). The van der Waals surface area contributed by atoms with Gasteiger partial charge in [0.1, 0.15) is 5.03 Å². The van der Waals surface area contributed by atoms with Crippen LogP contribution in [0.15, 0.2) is 34.1 Å². The number of para-hydroxylation sites is 1. The van der Waals surface area contributed by atoms with Crippen molar-refractivity contribution in [3.05, 3.63) is 51.6 Å². The zero-order valence-electron chi connectivity index (χ0n) is 17.9. The highest BCUT2D eigenvalue weighted by molar-refractivity contribution is 8.00. The van der Waals surface area contributed by atoms with Gasteiger partial charge in [0.05, 0.1) is 5.75 Å². The van der Waals surface area contributed by atoms with Gasteiger partial charge in [0.2, 0.25) is 5.91 Å². The Bertz CT molecular complexity index is 986. The third kappa shape index (κ3) is 4.47. The van der Waals surface area contributed by atoms with E-state index in [2.05, 4.69) is 16.0 Å². The smallest absolute Gasteiger partial charge is 0.311 e. The maximum Gasteiger partial charge on any atom is 0.348 e. The minimum Gasteiger partial charge on any atom is -0.311 e. The molecule has 0 bridgehead atoms. The Kier molecular flexibility index (Phi) is 6.58. The number of aryl methyl sites for hydroxylation is 1. The van der Waals surface area contributed by atoms with Gasteiger partial charge in [-0.05, 0) is 64.3 Å². The summed E-state index contributed by atoms with van der Waals surface area (Å²) in [5.74, 6) is 0.407. The quantitative estimate of drug-likeness (QED) is 0.525. The van der Waals surface area contributed by atoms with Gasteiger partial charge in [-0.2, -0.15) is 4.98 Å². The molecule has 160 valence electrons. The number of amides is 1. The number of carbonyl (C=O) groups excluding carboxylic acids is 1. The van der Waals surface area contributed by atoms with Crippen molar-refractivity contribution in [3.8, 4) is 0 Å². The highest BCUT2D eigenvalue weighted by atomic mass is 32.2. The third-order valence-electron chi connectivity index (χ3n) is 5.97. The summed E-state index contributed by atoms with van der Waals surface area (Å²) in [4.78, 5) is 34.2. The monoisotopic (exact) mass is 426 g/mol. The number of fused-ring (bicyclic) bond motifs is 2. The van der Waals surface area contributed by atoms with Crippen molar-refractivity contribution >= 4 is 23.4 Å². The minimum atomic E-state index is -0.184. The molecule has 1 aromatic heterocycles. The van der Waals surface area contributed by atoms with E-state index in [1.165, 1.54) is 22.9 Å². The maximum atomic E-state index is 13.0. The van der Waals surface area contributed by atoms with Crippen LogP contribution < -0.4 is 10.6 Å². The molecule has 1 aliphatic heterocycles. The number of carbonyl (C=O) groups is 1. The van der Waals surface area contributed by atoms with Crippen LogP contribution in [-0.2, 0) is 30.6 Å². The van der Waals surface area contributed by atoms with Crippen LogP contribution in [0, 0.1) is 0 Å². The molecule has 0 saturated heterocycles. The molecule has 2 heterocycles. The van der Waals surface area contributed by atoms with Crippen molar-refractivity contribution in [1.82, 2.24) is 14.5 Å². The van der Waals surface area contributed by atoms with Crippen molar-refractivity contribution in [1.29, 1.82) is 0 Å².